The summed E-state index contributed by atoms with van der Waals surface area (Å²) in [5.74, 6) is 1.98. The van der Waals surface area contributed by atoms with E-state index in [2.05, 4.69) is 56.0 Å². The van der Waals surface area contributed by atoms with E-state index in [1.165, 1.54) is 0 Å². The van der Waals surface area contributed by atoms with Crippen LogP contribution in [0, 0.1) is 0 Å². The minimum Gasteiger partial charge on any atom is -0.378 e. The van der Waals surface area contributed by atoms with Gasteiger partial charge in [-0.15, -0.1) is 0 Å². The largest absolute Gasteiger partial charge is 0.378 e. The lowest BCUT2D eigenvalue weighted by Crippen LogP contribution is -2.52. The van der Waals surface area contributed by atoms with Crippen LogP contribution in [0.2, 0.25) is 0 Å². The third-order valence-corrected chi connectivity index (χ3v) is 7.46. The van der Waals surface area contributed by atoms with E-state index in [4.69, 9.17) is 28.9 Å². The van der Waals surface area contributed by atoms with Crippen molar-refractivity contribution in [3.8, 4) is 0 Å². The Labute approximate surface area is 224 Å². The molecule has 0 spiro atoms. The van der Waals surface area contributed by atoms with E-state index in [0.29, 0.717) is 52.9 Å². The maximum atomic E-state index is 5.66. The lowest BCUT2D eigenvalue weighted by atomic mass is 10.1. The van der Waals surface area contributed by atoms with Gasteiger partial charge < -0.3 is 38.5 Å². The smallest absolute Gasteiger partial charge is 0.202 e. The van der Waals surface area contributed by atoms with Crippen molar-refractivity contribution in [2.75, 3.05) is 105 Å². The van der Waals surface area contributed by atoms with E-state index >= 15 is 0 Å². The summed E-state index contributed by atoms with van der Waals surface area (Å²) < 4.78 is 22.7. The zero-order chi connectivity index (χ0) is 25.6. The molecule has 0 aliphatic carbocycles. The minimum atomic E-state index is 0.713. The van der Waals surface area contributed by atoms with Gasteiger partial charge in [-0.2, -0.15) is 0 Å². The second kappa shape index (κ2) is 12.3. The van der Waals surface area contributed by atoms with Gasteiger partial charge in [0.15, 0.2) is 0 Å². The Kier molecular flexibility index (Phi) is 8.20. The first kappa shape index (κ1) is 25.4. The molecule has 4 aliphatic heterocycles. The van der Waals surface area contributed by atoms with Crippen LogP contribution in [0.25, 0.3) is 10.8 Å². The van der Waals surface area contributed by atoms with Crippen molar-refractivity contribution in [1.29, 1.82) is 0 Å². The SMILES string of the molecule is c1ccc2cc(N=C(N3CCOCC3)N3CCOCC3)c(N=C(N3CCOCC3)N3CCOCC3)cc2c1. The van der Waals surface area contributed by atoms with Gasteiger partial charge >= 0.3 is 0 Å². The van der Waals surface area contributed by atoms with Gasteiger partial charge in [0.25, 0.3) is 0 Å². The summed E-state index contributed by atoms with van der Waals surface area (Å²) in [7, 11) is 0. The molecule has 0 N–H and O–H groups in total. The van der Waals surface area contributed by atoms with E-state index in [-0.39, 0.29) is 0 Å². The van der Waals surface area contributed by atoms with Crippen molar-refractivity contribution in [2.24, 2.45) is 9.98 Å². The van der Waals surface area contributed by atoms with Gasteiger partial charge in [-0.25, -0.2) is 9.98 Å². The molecule has 4 saturated heterocycles. The molecule has 10 nitrogen and oxygen atoms in total. The quantitative estimate of drug-likeness (QED) is 0.439. The Morgan fingerprint density at radius 1 is 0.474 bits per heavy atom. The molecule has 0 amide bonds. The van der Waals surface area contributed by atoms with Crippen molar-refractivity contribution < 1.29 is 18.9 Å². The topological polar surface area (TPSA) is 74.6 Å². The molecule has 2 aromatic carbocycles. The van der Waals surface area contributed by atoms with Gasteiger partial charge in [0.2, 0.25) is 11.9 Å². The third-order valence-electron chi connectivity index (χ3n) is 7.46. The summed E-state index contributed by atoms with van der Waals surface area (Å²) >= 11 is 0. The summed E-state index contributed by atoms with van der Waals surface area (Å²) in [6.45, 7) is 12.3. The highest BCUT2D eigenvalue weighted by Gasteiger charge is 2.26. The van der Waals surface area contributed by atoms with Crippen LogP contribution in [0.5, 0.6) is 0 Å². The summed E-state index contributed by atoms with van der Waals surface area (Å²) in [6.07, 6.45) is 0. The van der Waals surface area contributed by atoms with Crippen LogP contribution in [0.1, 0.15) is 0 Å². The molecular formula is C28H38N6O4. The standard InChI is InChI=1S/C28H38N6O4/c1-2-4-24-22-26(30-28(33-9-17-37-18-10-33)34-11-19-38-20-12-34)25(21-23(24)3-1)29-27(31-5-13-35-14-6-31)32-7-15-36-16-8-32/h1-4,21-22H,5-20H2. The fourth-order valence-electron chi connectivity index (χ4n) is 5.35. The molecule has 4 aliphatic rings. The predicted molar refractivity (Wildman–Crippen MR) is 148 cm³/mol. The number of hydrogen-bond donors (Lipinski definition) is 0. The molecule has 0 aromatic heterocycles. The summed E-state index contributed by atoms with van der Waals surface area (Å²) in [4.78, 5) is 20.1. The molecule has 204 valence electrons. The monoisotopic (exact) mass is 522 g/mol. The second-order valence-electron chi connectivity index (χ2n) is 9.91. The molecular weight excluding hydrogens is 484 g/mol. The lowest BCUT2D eigenvalue weighted by Gasteiger charge is -2.38. The van der Waals surface area contributed by atoms with E-state index in [1.807, 2.05) is 0 Å². The van der Waals surface area contributed by atoms with Crippen LogP contribution in [0.15, 0.2) is 46.4 Å². The molecule has 6 rings (SSSR count). The maximum absolute atomic E-state index is 5.66. The fraction of sp³-hybridized carbons (Fsp3) is 0.571. The molecule has 0 bridgehead atoms. The number of fused-ring (bicyclic) bond motifs is 1. The van der Waals surface area contributed by atoms with Gasteiger partial charge in [-0.1, -0.05) is 24.3 Å². The summed E-state index contributed by atoms with van der Waals surface area (Å²) in [6, 6.07) is 12.8. The van der Waals surface area contributed by atoms with Gasteiger partial charge in [0.1, 0.15) is 0 Å². The number of aliphatic imine (C=N–C) groups is 2. The number of morpholine rings is 4. The number of rotatable bonds is 2. The van der Waals surface area contributed by atoms with Gasteiger partial charge in [0.05, 0.1) is 64.2 Å². The fourth-order valence-corrected chi connectivity index (χ4v) is 5.35. The molecule has 0 unspecified atom stereocenters. The van der Waals surface area contributed by atoms with Crippen LogP contribution in [-0.2, 0) is 18.9 Å². The van der Waals surface area contributed by atoms with Crippen molar-refractivity contribution in [3.63, 3.8) is 0 Å². The number of ether oxygens (including phenoxy) is 4. The third kappa shape index (κ3) is 5.88. The molecule has 2 aromatic rings. The average molecular weight is 523 g/mol. The zero-order valence-electron chi connectivity index (χ0n) is 22.1. The average Bonchev–Trinajstić information content (AvgIpc) is 3.00. The van der Waals surface area contributed by atoms with Crippen LogP contribution in [-0.4, -0.2) is 137 Å². The Balaban J connectivity index is 1.46. The van der Waals surface area contributed by atoms with Crippen LogP contribution in [0.3, 0.4) is 0 Å². The number of hydrogen-bond acceptors (Lipinski definition) is 6. The molecule has 0 radical (unpaired) electrons. The first-order valence-electron chi connectivity index (χ1n) is 13.9. The molecule has 4 heterocycles. The van der Waals surface area contributed by atoms with E-state index in [1.54, 1.807) is 0 Å². The summed E-state index contributed by atoms with van der Waals surface area (Å²) in [5.41, 5.74) is 1.77. The van der Waals surface area contributed by atoms with Gasteiger partial charge in [-0.05, 0) is 22.9 Å². The number of nitrogens with zero attached hydrogens (tertiary/aromatic N) is 6. The number of guanidine groups is 2. The molecule has 38 heavy (non-hydrogen) atoms. The Morgan fingerprint density at radius 3 is 1.05 bits per heavy atom. The van der Waals surface area contributed by atoms with Crippen molar-refractivity contribution in [1.82, 2.24) is 19.6 Å². The normalized spacial score (nSPS) is 20.9. The van der Waals surface area contributed by atoms with Crippen molar-refractivity contribution in [3.05, 3.63) is 36.4 Å². The predicted octanol–water partition coefficient (Wildman–Crippen LogP) is 2.14. The van der Waals surface area contributed by atoms with E-state index in [0.717, 1.165) is 86.4 Å². The molecule has 0 atom stereocenters. The molecule has 4 fully saturated rings. The second-order valence-corrected chi connectivity index (χ2v) is 9.91. The zero-order valence-corrected chi connectivity index (χ0v) is 22.1. The van der Waals surface area contributed by atoms with Crippen molar-refractivity contribution >= 4 is 34.1 Å². The van der Waals surface area contributed by atoms with Crippen molar-refractivity contribution in [2.45, 2.75) is 0 Å². The Morgan fingerprint density at radius 2 is 0.763 bits per heavy atom. The summed E-state index contributed by atoms with van der Waals surface area (Å²) in [5, 5.41) is 2.32. The van der Waals surface area contributed by atoms with Gasteiger partial charge in [-0.3, -0.25) is 0 Å². The Bertz CT molecular complexity index is 1000. The highest BCUT2D eigenvalue weighted by atomic mass is 16.5. The first-order valence-corrected chi connectivity index (χ1v) is 13.9. The van der Waals surface area contributed by atoms with E-state index in [9.17, 15) is 0 Å². The first-order chi connectivity index (χ1) is 18.8. The highest BCUT2D eigenvalue weighted by molar-refractivity contribution is 5.95. The van der Waals surface area contributed by atoms with Gasteiger partial charge in [0, 0.05) is 52.4 Å². The highest BCUT2D eigenvalue weighted by Crippen LogP contribution is 2.34. The van der Waals surface area contributed by atoms with Crippen LogP contribution in [0.4, 0.5) is 11.4 Å². The maximum Gasteiger partial charge on any atom is 0.202 e. The Hall–Kier alpha value is -2.92. The molecule has 0 saturated carbocycles. The number of benzene rings is 2. The van der Waals surface area contributed by atoms with Crippen LogP contribution >= 0.6 is 0 Å². The lowest BCUT2D eigenvalue weighted by molar-refractivity contribution is 0.0420. The van der Waals surface area contributed by atoms with Crippen LogP contribution < -0.4 is 0 Å². The van der Waals surface area contributed by atoms with E-state index < -0.39 is 0 Å². The minimum absolute atomic E-state index is 0.713. The molecule has 10 heteroatoms.